The van der Waals surface area contributed by atoms with Gasteiger partial charge in [-0.2, -0.15) is 0 Å². The number of nitrogens with zero attached hydrogens (tertiary/aromatic N) is 5. The van der Waals surface area contributed by atoms with Crippen molar-refractivity contribution in [3.8, 4) is 16.8 Å². The van der Waals surface area contributed by atoms with Crippen LogP contribution in [0.5, 0.6) is 0 Å². The van der Waals surface area contributed by atoms with Crippen molar-refractivity contribution in [2.24, 2.45) is 0 Å². The molecule has 0 bridgehead atoms. The second kappa shape index (κ2) is 13.4. The van der Waals surface area contributed by atoms with E-state index < -0.39 is 34.7 Å². The second-order valence-electron chi connectivity index (χ2n) is 13.6. The molecule has 248 valence electrons. The predicted octanol–water partition coefficient (Wildman–Crippen LogP) is 5.84. The number of aromatic nitrogens is 3. The van der Waals surface area contributed by atoms with Crippen molar-refractivity contribution in [3.63, 3.8) is 0 Å². The van der Waals surface area contributed by atoms with Crippen LogP contribution in [-0.4, -0.2) is 73.0 Å². The molecular weight excluding hydrogens is 601 g/mol. The standard InChI is InChI=1S/C36H42FN5O5/c1-36(2,3)42(35(45)46)29-14-12-28(13-15-29)41-33(43)31-21-27(37)22-38-32(31)40(34(41)44)30-7-4-6-26(20-30)25-10-8-24(9-11-25)23-39-16-5-18-47-19-17-39/h4,6-11,20-22,28-29H,5,12-19,23H2,1-3H3,(H,45,46)/t28-,29+. The Balaban J connectivity index is 1.34. The second-order valence-corrected chi connectivity index (χ2v) is 13.6. The van der Waals surface area contributed by atoms with Crippen LogP contribution in [0.25, 0.3) is 27.8 Å². The number of fused-ring (bicyclic) bond motifs is 1. The maximum absolute atomic E-state index is 14.5. The lowest BCUT2D eigenvalue weighted by Gasteiger charge is -2.42. The van der Waals surface area contributed by atoms with Crippen molar-refractivity contribution in [2.75, 3.05) is 26.3 Å². The van der Waals surface area contributed by atoms with Crippen molar-refractivity contribution in [2.45, 2.75) is 77.0 Å². The number of hydrogen-bond donors (Lipinski definition) is 1. The van der Waals surface area contributed by atoms with Gasteiger partial charge in [0.1, 0.15) is 5.82 Å². The van der Waals surface area contributed by atoms with Gasteiger partial charge in [-0.05, 0) is 87.8 Å². The first-order chi connectivity index (χ1) is 22.5. The van der Waals surface area contributed by atoms with Gasteiger partial charge in [-0.3, -0.25) is 14.3 Å². The number of rotatable bonds is 6. The first-order valence-corrected chi connectivity index (χ1v) is 16.4. The fraction of sp³-hybridized carbons (Fsp3) is 0.444. The van der Waals surface area contributed by atoms with Crippen LogP contribution in [-0.2, 0) is 11.3 Å². The zero-order valence-corrected chi connectivity index (χ0v) is 27.2. The third-order valence-electron chi connectivity index (χ3n) is 9.33. The van der Waals surface area contributed by atoms with Gasteiger partial charge < -0.3 is 14.7 Å². The average Bonchev–Trinajstić information content (AvgIpc) is 3.31. The van der Waals surface area contributed by atoms with Crippen LogP contribution in [0.2, 0.25) is 0 Å². The molecule has 4 aromatic rings. The molecule has 1 aliphatic carbocycles. The molecule has 3 heterocycles. The smallest absolute Gasteiger partial charge is 0.407 e. The minimum absolute atomic E-state index is 0.0160. The fourth-order valence-corrected chi connectivity index (χ4v) is 7.14. The molecular formula is C36H42FN5O5. The van der Waals surface area contributed by atoms with E-state index in [1.165, 1.54) is 19.6 Å². The molecule has 0 atom stereocenters. The van der Waals surface area contributed by atoms with E-state index in [2.05, 4.69) is 34.1 Å². The summed E-state index contributed by atoms with van der Waals surface area (Å²) >= 11 is 0. The zero-order valence-electron chi connectivity index (χ0n) is 27.2. The van der Waals surface area contributed by atoms with Crippen LogP contribution in [0, 0.1) is 5.82 Å². The number of halogens is 1. The lowest BCUT2D eigenvalue weighted by Crippen LogP contribution is -2.53. The summed E-state index contributed by atoms with van der Waals surface area (Å²) in [5.41, 5.74) is 1.92. The molecule has 1 amide bonds. The largest absolute Gasteiger partial charge is 0.465 e. The van der Waals surface area contributed by atoms with E-state index in [9.17, 15) is 23.9 Å². The Hall–Kier alpha value is -4.35. The van der Waals surface area contributed by atoms with Crippen LogP contribution in [0.3, 0.4) is 0 Å². The molecule has 1 saturated carbocycles. The molecule has 47 heavy (non-hydrogen) atoms. The van der Waals surface area contributed by atoms with Gasteiger partial charge >= 0.3 is 11.8 Å². The Kier molecular flexibility index (Phi) is 9.29. The predicted molar refractivity (Wildman–Crippen MR) is 179 cm³/mol. The molecule has 11 heteroatoms. The normalized spacial score (nSPS) is 19.4. The van der Waals surface area contributed by atoms with Gasteiger partial charge in [0.15, 0.2) is 5.65 Å². The molecule has 1 aliphatic heterocycles. The molecule has 2 aliphatic rings. The highest BCUT2D eigenvalue weighted by molar-refractivity contribution is 5.76. The maximum atomic E-state index is 14.5. The highest BCUT2D eigenvalue weighted by Gasteiger charge is 2.37. The van der Waals surface area contributed by atoms with Gasteiger partial charge in [0.05, 0.1) is 23.9 Å². The number of hydrogen-bond acceptors (Lipinski definition) is 6. The summed E-state index contributed by atoms with van der Waals surface area (Å²) in [7, 11) is 0. The lowest BCUT2D eigenvalue weighted by atomic mass is 9.88. The van der Waals surface area contributed by atoms with E-state index >= 15 is 0 Å². The molecule has 1 saturated heterocycles. The van der Waals surface area contributed by atoms with Crippen LogP contribution in [0.15, 0.2) is 70.4 Å². The van der Waals surface area contributed by atoms with Gasteiger partial charge in [0, 0.05) is 43.9 Å². The number of carboxylic acid groups (broad SMARTS) is 1. The lowest BCUT2D eigenvalue weighted by molar-refractivity contribution is 0.0506. The van der Waals surface area contributed by atoms with Gasteiger partial charge in [0.25, 0.3) is 5.56 Å². The zero-order chi connectivity index (χ0) is 33.3. The van der Waals surface area contributed by atoms with Gasteiger partial charge in [-0.1, -0.05) is 36.4 Å². The first kappa shape index (κ1) is 32.6. The van der Waals surface area contributed by atoms with Gasteiger partial charge in [-0.15, -0.1) is 0 Å². The Labute approximate surface area is 273 Å². The molecule has 6 rings (SSSR count). The SMILES string of the molecule is CC(C)(C)N(C(=O)O)[C@H]1CC[C@@H](n2c(=O)c3cc(F)cnc3n(-c3cccc(-c4ccc(CN5CCCOCC5)cc4)c3)c2=O)CC1. The highest BCUT2D eigenvalue weighted by Crippen LogP contribution is 2.33. The van der Waals surface area contributed by atoms with Crippen LogP contribution >= 0.6 is 0 Å². The fourth-order valence-electron chi connectivity index (χ4n) is 7.14. The van der Waals surface area contributed by atoms with Gasteiger partial charge in [-0.25, -0.2) is 23.5 Å². The number of carbonyl (C=O) groups is 1. The number of amides is 1. The molecule has 2 aromatic heterocycles. The van der Waals surface area contributed by atoms with Crippen molar-refractivity contribution >= 4 is 17.1 Å². The molecule has 1 N–H and O–H groups in total. The topological polar surface area (TPSA) is 110 Å². The van der Waals surface area contributed by atoms with E-state index in [0.717, 1.165) is 62.7 Å². The van der Waals surface area contributed by atoms with Crippen LogP contribution < -0.4 is 11.2 Å². The Morgan fingerprint density at radius 1 is 1.00 bits per heavy atom. The molecule has 0 unspecified atom stereocenters. The van der Waals surface area contributed by atoms with E-state index in [0.29, 0.717) is 31.4 Å². The summed E-state index contributed by atoms with van der Waals surface area (Å²) in [5, 5.41) is 9.92. The summed E-state index contributed by atoms with van der Waals surface area (Å²) in [6.45, 7) is 9.88. The summed E-state index contributed by atoms with van der Waals surface area (Å²) in [6, 6.07) is 16.3. The Morgan fingerprint density at radius 3 is 2.45 bits per heavy atom. The maximum Gasteiger partial charge on any atom is 0.407 e. The van der Waals surface area contributed by atoms with E-state index in [4.69, 9.17) is 4.74 Å². The summed E-state index contributed by atoms with van der Waals surface area (Å²) in [4.78, 5) is 48.2. The van der Waals surface area contributed by atoms with Crippen LogP contribution in [0.1, 0.15) is 64.5 Å². The first-order valence-electron chi connectivity index (χ1n) is 16.4. The number of ether oxygens (including phenoxy) is 1. The van der Waals surface area contributed by atoms with E-state index in [1.54, 1.807) is 6.07 Å². The van der Waals surface area contributed by atoms with Crippen molar-refractivity contribution in [1.82, 2.24) is 23.9 Å². The monoisotopic (exact) mass is 643 g/mol. The third-order valence-corrected chi connectivity index (χ3v) is 9.33. The van der Waals surface area contributed by atoms with Gasteiger partial charge in [0.2, 0.25) is 0 Å². The molecule has 2 aromatic carbocycles. The third kappa shape index (κ3) is 6.87. The quantitative estimate of drug-likeness (QED) is 0.281. The van der Waals surface area contributed by atoms with E-state index in [-0.39, 0.29) is 17.1 Å². The number of pyridine rings is 1. The van der Waals surface area contributed by atoms with Crippen molar-refractivity contribution in [1.29, 1.82) is 0 Å². The average molecular weight is 644 g/mol. The molecule has 10 nitrogen and oxygen atoms in total. The minimum Gasteiger partial charge on any atom is -0.465 e. The van der Waals surface area contributed by atoms with E-state index in [1.807, 2.05) is 39.0 Å². The van der Waals surface area contributed by atoms with Crippen molar-refractivity contribution < 1.29 is 19.0 Å². The molecule has 0 spiro atoms. The summed E-state index contributed by atoms with van der Waals surface area (Å²) in [5.74, 6) is -0.668. The minimum atomic E-state index is -0.991. The Bertz CT molecular complexity index is 1860. The molecule has 2 fully saturated rings. The van der Waals surface area contributed by atoms with Crippen molar-refractivity contribution in [3.05, 3.63) is 93.0 Å². The summed E-state index contributed by atoms with van der Waals surface area (Å²) in [6.07, 6.45) is 2.91. The summed E-state index contributed by atoms with van der Waals surface area (Å²) < 4.78 is 22.7. The Morgan fingerprint density at radius 2 is 1.74 bits per heavy atom. The number of benzene rings is 2. The molecule has 0 radical (unpaired) electrons. The highest BCUT2D eigenvalue weighted by atomic mass is 19.1. The van der Waals surface area contributed by atoms with Crippen LogP contribution in [0.4, 0.5) is 9.18 Å².